The minimum absolute atomic E-state index is 0.148. The molecule has 0 atom stereocenters. The minimum atomic E-state index is -0.148. The lowest BCUT2D eigenvalue weighted by molar-refractivity contribution is 0.102. The number of hydrogen-bond donors (Lipinski definition) is 1. The van der Waals surface area contributed by atoms with Crippen molar-refractivity contribution in [3.63, 3.8) is 0 Å². The summed E-state index contributed by atoms with van der Waals surface area (Å²) in [5.41, 5.74) is 4.38. The topological polar surface area (TPSA) is 68.0 Å². The molecule has 3 aromatic rings. The van der Waals surface area contributed by atoms with E-state index in [2.05, 4.69) is 15.5 Å². The molecule has 0 fully saturated rings. The number of amides is 1. The fourth-order valence-electron chi connectivity index (χ4n) is 2.33. The van der Waals surface area contributed by atoms with Gasteiger partial charge in [0.2, 0.25) is 11.8 Å². The highest BCUT2D eigenvalue weighted by Crippen LogP contribution is 2.20. The summed E-state index contributed by atoms with van der Waals surface area (Å²) in [4.78, 5) is 12.3. The van der Waals surface area contributed by atoms with E-state index >= 15 is 0 Å². The molecule has 0 aliphatic heterocycles. The molecule has 116 valence electrons. The van der Waals surface area contributed by atoms with Crippen LogP contribution in [0.5, 0.6) is 0 Å². The Morgan fingerprint density at radius 1 is 1.00 bits per heavy atom. The third kappa shape index (κ3) is 3.29. The van der Waals surface area contributed by atoms with E-state index in [0.29, 0.717) is 17.3 Å². The summed E-state index contributed by atoms with van der Waals surface area (Å²) >= 11 is 0. The van der Waals surface area contributed by atoms with Crippen LogP contribution < -0.4 is 5.32 Å². The molecule has 23 heavy (non-hydrogen) atoms. The van der Waals surface area contributed by atoms with Gasteiger partial charge >= 0.3 is 0 Å². The number of carbonyl (C=O) groups is 1. The molecule has 1 aromatic heterocycles. The van der Waals surface area contributed by atoms with E-state index in [1.54, 1.807) is 31.2 Å². The molecule has 0 aliphatic rings. The summed E-state index contributed by atoms with van der Waals surface area (Å²) in [6.45, 7) is 5.74. The SMILES string of the molecule is Cc1ccc(NC(=O)c2ccc(-c3nnc(C)o3)cc2)c(C)c1. The Morgan fingerprint density at radius 2 is 1.74 bits per heavy atom. The van der Waals surface area contributed by atoms with Crippen LogP contribution in [0.3, 0.4) is 0 Å². The number of carbonyl (C=O) groups excluding carboxylic acids is 1. The predicted molar refractivity (Wildman–Crippen MR) is 88.3 cm³/mol. The van der Waals surface area contributed by atoms with E-state index in [1.165, 1.54) is 5.56 Å². The summed E-state index contributed by atoms with van der Waals surface area (Å²) in [6, 6.07) is 13.0. The molecule has 5 nitrogen and oxygen atoms in total. The first-order chi connectivity index (χ1) is 11.0. The molecular weight excluding hydrogens is 290 g/mol. The van der Waals surface area contributed by atoms with Crippen molar-refractivity contribution in [1.29, 1.82) is 0 Å². The van der Waals surface area contributed by atoms with Crippen LogP contribution in [0.4, 0.5) is 5.69 Å². The van der Waals surface area contributed by atoms with Gasteiger partial charge in [0.25, 0.3) is 5.91 Å². The number of aryl methyl sites for hydroxylation is 3. The Balaban J connectivity index is 1.77. The summed E-state index contributed by atoms with van der Waals surface area (Å²) in [6.07, 6.45) is 0. The van der Waals surface area contributed by atoms with Crippen molar-refractivity contribution in [2.24, 2.45) is 0 Å². The second-order valence-corrected chi connectivity index (χ2v) is 5.48. The Hall–Kier alpha value is -2.95. The second kappa shape index (κ2) is 6.04. The number of anilines is 1. The van der Waals surface area contributed by atoms with Crippen LogP contribution in [0.2, 0.25) is 0 Å². The lowest BCUT2D eigenvalue weighted by atomic mass is 10.1. The monoisotopic (exact) mass is 307 g/mol. The van der Waals surface area contributed by atoms with Gasteiger partial charge in [0.05, 0.1) is 0 Å². The molecule has 3 rings (SSSR count). The summed E-state index contributed by atoms with van der Waals surface area (Å²) in [5, 5.41) is 10.7. The molecule has 2 aromatic carbocycles. The molecular formula is C18H17N3O2. The van der Waals surface area contributed by atoms with Gasteiger partial charge in [-0.2, -0.15) is 0 Å². The van der Waals surface area contributed by atoms with Gasteiger partial charge in [-0.1, -0.05) is 17.7 Å². The van der Waals surface area contributed by atoms with Gasteiger partial charge in [0, 0.05) is 23.7 Å². The van der Waals surface area contributed by atoms with E-state index in [9.17, 15) is 4.79 Å². The zero-order chi connectivity index (χ0) is 16.4. The molecule has 1 heterocycles. The predicted octanol–water partition coefficient (Wildman–Crippen LogP) is 3.91. The number of benzene rings is 2. The molecule has 0 bridgehead atoms. The van der Waals surface area contributed by atoms with Gasteiger partial charge in [-0.15, -0.1) is 10.2 Å². The largest absolute Gasteiger partial charge is 0.421 e. The van der Waals surface area contributed by atoms with Crippen LogP contribution in [-0.2, 0) is 0 Å². The Kier molecular flexibility index (Phi) is 3.93. The highest BCUT2D eigenvalue weighted by Gasteiger charge is 2.10. The van der Waals surface area contributed by atoms with Crippen molar-refractivity contribution in [3.05, 3.63) is 65.0 Å². The van der Waals surface area contributed by atoms with Crippen molar-refractivity contribution < 1.29 is 9.21 Å². The summed E-state index contributed by atoms with van der Waals surface area (Å²) in [5.74, 6) is 0.811. The second-order valence-electron chi connectivity index (χ2n) is 5.48. The molecule has 0 aliphatic carbocycles. The fraction of sp³-hybridized carbons (Fsp3) is 0.167. The van der Waals surface area contributed by atoms with Crippen molar-refractivity contribution >= 4 is 11.6 Å². The van der Waals surface area contributed by atoms with Crippen LogP contribution in [0, 0.1) is 20.8 Å². The third-order valence-corrected chi connectivity index (χ3v) is 3.55. The van der Waals surface area contributed by atoms with E-state index in [1.807, 2.05) is 32.0 Å². The first-order valence-electron chi connectivity index (χ1n) is 7.32. The molecule has 0 spiro atoms. The molecule has 0 saturated heterocycles. The molecule has 0 unspecified atom stereocenters. The third-order valence-electron chi connectivity index (χ3n) is 3.55. The highest BCUT2D eigenvalue weighted by molar-refractivity contribution is 6.04. The van der Waals surface area contributed by atoms with Crippen molar-refractivity contribution in [2.45, 2.75) is 20.8 Å². The van der Waals surface area contributed by atoms with Gasteiger partial charge in [0.1, 0.15) is 0 Å². The van der Waals surface area contributed by atoms with Crippen molar-refractivity contribution in [3.8, 4) is 11.5 Å². The summed E-state index contributed by atoms with van der Waals surface area (Å²) < 4.78 is 5.37. The summed E-state index contributed by atoms with van der Waals surface area (Å²) in [7, 11) is 0. The van der Waals surface area contributed by atoms with E-state index in [4.69, 9.17) is 4.42 Å². The molecule has 0 saturated carbocycles. The lowest BCUT2D eigenvalue weighted by Gasteiger charge is -2.09. The number of aromatic nitrogens is 2. The van der Waals surface area contributed by atoms with E-state index in [0.717, 1.165) is 16.8 Å². The quantitative estimate of drug-likeness (QED) is 0.796. The minimum Gasteiger partial charge on any atom is -0.421 e. The van der Waals surface area contributed by atoms with Crippen LogP contribution in [0.1, 0.15) is 27.4 Å². The zero-order valence-corrected chi connectivity index (χ0v) is 13.3. The maximum atomic E-state index is 12.3. The Morgan fingerprint density at radius 3 is 2.35 bits per heavy atom. The van der Waals surface area contributed by atoms with Gasteiger partial charge < -0.3 is 9.73 Å². The number of nitrogens with one attached hydrogen (secondary N) is 1. The molecule has 5 heteroatoms. The Bertz CT molecular complexity index is 851. The standard InChI is InChI=1S/C18H17N3O2/c1-11-4-9-16(12(2)10-11)19-17(22)14-5-7-15(8-6-14)18-21-20-13(3)23-18/h4-10H,1-3H3,(H,19,22). The maximum absolute atomic E-state index is 12.3. The normalized spacial score (nSPS) is 10.6. The lowest BCUT2D eigenvalue weighted by Crippen LogP contribution is -2.12. The van der Waals surface area contributed by atoms with Crippen LogP contribution in [-0.4, -0.2) is 16.1 Å². The maximum Gasteiger partial charge on any atom is 0.255 e. The van der Waals surface area contributed by atoms with Crippen LogP contribution in [0.25, 0.3) is 11.5 Å². The van der Waals surface area contributed by atoms with Crippen LogP contribution in [0.15, 0.2) is 46.9 Å². The van der Waals surface area contributed by atoms with Crippen molar-refractivity contribution in [1.82, 2.24) is 10.2 Å². The zero-order valence-electron chi connectivity index (χ0n) is 13.3. The van der Waals surface area contributed by atoms with Gasteiger partial charge in [0.15, 0.2) is 0 Å². The number of rotatable bonds is 3. The highest BCUT2D eigenvalue weighted by atomic mass is 16.4. The number of nitrogens with zero attached hydrogens (tertiary/aromatic N) is 2. The van der Waals surface area contributed by atoms with E-state index < -0.39 is 0 Å². The first-order valence-corrected chi connectivity index (χ1v) is 7.32. The fourth-order valence-corrected chi connectivity index (χ4v) is 2.33. The first kappa shape index (κ1) is 15.0. The average Bonchev–Trinajstić information content (AvgIpc) is 2.97. The smallest absolute Gasteiger partial charge is 0.255 e. The molecule has 1 N–H and O–H groups in total. The average molecular weight is 307 g/mol. The van der Waals surface area contributed by atoms with E-state index in [-0.39, 0.29) is 5.91 Å². The number of hydrogen-bond acceptors (Lipinski definition) is 4. The van der Waals surface area contributed by atoms with Crippen LogP contribution >= 0.6 is 0 Å². The van der Waals surface area contributed by atoms with Gasteiger partial charge in [-0.05, 0) is 49.7 Å². The molecule has 0 radical (unpaired) electrons. The van der Waals surface area contributed by atoms with Gasteiger partial charge in [-0.25, -0.2) is 0 Å². The Labute approximate surface area is 134 Å². The van der Waals surface area contributed by atoms with Crippen molar-refractivity contribution in [2.75, 3.05) is 5.32 Å². The molecule has 1 amide bonds. The van der Waals surface area contributed by atoms with Gasteiger partial charge in [-0.3, -0.25) is 4.79 Å².